The number of nitrogens with zero attached hydrogens (tertiary/aromatic N) is 3. The van der Waals surface area contributed by atoms with Crippen LogP contribution in [0.2, 0.25) is 0 Å². The highest BCUT2D eigenvalue weighted by atomic mass is 16.6. The summed E-state index contributed by atoms with van der Waals surface area (Å²) in [5, 5.41) is 0.845. The molecule has 31 heavy (non-hydrogen) atoms. The van der Waals surface area contributed by atoms with Gasteiger partial charge in [0.2, 0.25) is 0 Å². The highest BCUT2D eigenvalue weighted by molar-refractivity contribution is 5.99. The smallest absolute Gasteiger partial charge is 0.418 e. The summed E-state index contributed by atoms with van der Waals surface area (Å²) < 4.78 is 12.3. The quantitative estimate of drug-likeness (QED) is 0.681. The lowest BCUT2D eigenvalue weighted by Crippen LogP contribution is -2.51. The molecule has 2 aromatic rings. The van der Waals surface area contributed by atoms with Gasteiger partial charge in [0.05, 0.1) is 5.52 Å². The number of piperazine rings is 1. The summed E-state index contributed by atoms with van der Waals surface area (Å²) in [7, 11) is 0. The van der Waals surface area contributed by atoms with Gasteiger partial charge in [0.1, 0.15) is 11.2 Å². The fourth-order valence-electron chi connectivity index (χ4n) is 3.33. The number of aromatic nitrogens is 1. The Hall–Kier alpha value is -3.03. The molecule has 0 spiro atoms. The van der Waals surface area contributed by atoms with Crippen molar-refractivity contribution in [2.75, 3.05) is 26.2 Å². The standard InChI is InChI=1S/C23H31N3O5/c1-22(2,3)30-20(28)25-13-11-24(12-14-25)19(27)17-8-7-16-9-10-26(18(16)15-17)21(29)31-23(4,5)6/h7-10,15H,11-14H2,1-6H3. The van der Waals surface area contributed by atoms with Gasteiger partial charge in [0.25, 0.3) is 5.91 Å². The number of hydrogen-bond acceptors (Lipinski definition) is 5. The third kappa shape index (κ3) is 5.57. The van der Waals surface area contributed by atoms with Crippen molar-refractivity contribution in [2.24, 2.45) is 0 Å². The van der Waals surface area contributed by atoms with E-state index in [1.807, 2.05) is 53.7 Å². The summed E-state index contributed by atoms with van der Waals surface area (Å²) in [5.41, 5.74) is -0.0635. The highest BCUT2D eigenvalue weighted by Gasteiger charge is 2.28. The fraction of sp³-hybridized carbons (Fsp3) is 0.522. The highest BCUT2D eigenvalue weighted by Crippen LogP contribution is 2.21. The monoisotopic (exact) mass is 429 g/mol. The lowest BCUT2D eigenvalue weighted by Gasteiger charge is -2.35. The second-order valence-electron chi connectivity index (χ2n) is 9.70. The van der Waals surface area contributed by atoms with Gasteiger partial charge in [-0.25, -0.2) is 9.59 Å². The minimum Gasteiger partial charge on any atom is -0.444 e. The zero-order valence-corrected chi connectivity index (χ0v) is 19.1. The first kappa shape index (κ1) is 22.7. The Bertz CT molecular complexity index is 989. The summed E-state index contributed by atoms with van der Waals surface area (Å²) in [6.07, 6.45) is 0.793. The molecule has 0 bridgehead atoms. The van der Waals surface area contributed by atoms with E-state index in [-0.39, 0.29) is 12.0 Å². The largest absolute Gasteiger partial charge is 0.444 e. The predicted octanol–water partition coefficient (Wildman–Crippen LogP) is 4.12. The number of rotatable bonds is 1. The van der Waals surface area contributed by atoms with Crippen molar-refractivity contribution in [2.45, 2.75) is 52.7 Å². The minimum absolute atomic E-state index is 0.136. The first-order valence-corrected chi connectivity index (χ1v) is 10.5. The zero-order valence-electron chi connectivity index (χ0n) is 19.1. The van der Waals surface area contributed by atoms with Gasteiger partial charge in [-0.2, -0.15) is 0 Å². The number of carbonyl (C=O) groups excluding carboxylic acids is 3. The Labute approximate surface area is 182 Å². The predicted molar refractivity (Wildman–Crippen MR) is 117 cm³/mol. The van der Waals surface area contributed by atoms with E-state index in [2.05, 4.69) is 0 Å². The first-order valence-electron chi connectivity index (χ1n) is 10.5. The van der Waals surface area contributed by atoms with E-state index in [0.717, 1.165) is 5.39 Å². The van der Waals surface area contributed by atoms with Crippen molar-refractivity contribution in [1.82, 2.24) is 14.4 Å². The van der Waals surface area contributed by atoms with Gasteiger partial charge in [-0.05, 0) is 59.7 Å². The molecule has 1 aliphatic rings. The van der Waals surface area contributed by atoms with Crippen molar-refractivity contribution in [1.29, 1.82) is 0 Å². The zero-order chi connectivity index (χ0) is 23.0. The van der Waals surface area contributed by atoms with Crippen LogP contribution >= 0.6 is 0 Å². The van der Waals surface area contributed by atoms with Crippen LogP contribution in [0.4, 0.5) is 9.59 Å². The lowest BCUT2D eigenvalue weighted by molar-refractivity contribution is 0.0141. The molecule has 0 unspecified atom stereocenters. The van der Waals surface area contributed by atoms with Crippen molar-refractivity contribution in [3.8, 4) is 0 Å². The molecule has 1 aromatic carbocycles. The average molecular weight is 430 g/mol. The first-order chi connectivity index (χ1) is 14.3. The average Bonchev–Trinajstić information content (AvgIpc) is 3.08. The molecule has 0 N–H and O–H groups in total. The molecule has 8 nitrogen and oxygen atoms in total. The van der Waals surface area contributed by atoms with E-state index in [1.54, 1.807) is 28.1 Å². The van der Waals surface area contributed by atoms with Crippen LogP contribution in [0.5, 0.6) is 0 Å². The van der Waals surface area contributed by atoms with E-state index < -0.39 is 17.3 Å². The van der Waals surface area contributed by atoms with E-state index in [4.69, 9.17) is 9.47 Å². The second kappa shape index (κ2) is 8.24. The van der Waals surface area contributed by atoms with Crippen LogP contribution in [0.1, 0.15) is 51.9 Å². The number of carbonyl (C=O) groups is 3. The number of fused-ring (bicyclic) bond motifs is 1. The van der Waals surface area contributed by atoms with Crippen LogP contribution in [0.25, 0.3) is 10.9 Å². The maximum absolute atomic E-state index is 13.0. The Balaban J connectivity index is 1.71. The maximum atomic E-state index is 13.0. The molecule has 2 heterocycles. The Kier molecular flexibility index (Phi) is 6.02. The van der Waals surface area contributed by atoms with Crippen LogP contribution in [-0.2, 0) is 9.47 Å². The van der Waals surface area contributed by atoms with Crippen molar-refractivity contribution in [3.05, 3.63) is 36.0 Å². The molecule has 168 valence electrons. The molecule has 1 aliphatic heterocycles. The van der Waals surface area contributed by atoms with Gasteiger partial charge in [-0.1, -0.05) is 6.07 Å². The molecule has 8 heteroatoms. The molecule has 1 fully saturated rings. The van der Waals surface area contributed by atoms with Crippen LogP contribution in [0.3, 0.4) is 0 Å². The summed E-state index contributed by atoms with van der Waals surface area (Å²) in [5.74, 6) is -0.136. The van der Waals surface area contributed by atoms with E-state index in [9.17, 15) is 14.4 Å². The van der Waals surface area contributed by atoms with E-state index in [1.165, 1.54) is 4.57 Å². The molecule has 2 amide bonds. The maximum Gasteiger partial charge on any atom is 0.418 e. The Morgan fingerprint density at radius 1 is 0.774 bits per heavy atom. The SMILES string of the molecule is CC(C)(C)OC(=O)N1CCN(C(=O)c2ccc3ccn(C(=O)OC(C)(C)C)c3c2)CC1. The van der Waals surface area contributed by atoms with Crippen LogP contribution in [-0.4, -0.2) is 69.8 Å². The van der Waals surface area contributed by atoms with Crippen LogP contribution in [0, 0.1) is 0 Å². The Morgan fingerprint density at radius 2 is 1.32 bits per heavy atom. The molecule has 0 radical (unpaired) electrons. The molecule has 1 saturated heterocycles. The normalized spacial score (nSPS) is 15.2. The third-order valence-corrected chi connectivity index (χ3v) is 4.75. The third-order valence-electron chi connectivity index (χ3n) is 4.75. The number of ether oxygens (including phenoxy) is 2. The van der Waals surface area contributed by atoms with Gasteiger partial charge in [-0.15, -0.1) is 0 Å². The fourth-order valence-corrected chi connectivity index (χ4v) is 3.33. The summed E-state index contributed by atoms with van der Waals surface area (Å²) in [6.45, 7) is 12.6. The van der Waals surface area contributed by atoms with Crippen molar-refractivity contribution in [3.63, 3.8) is 0 Å². The number of amides is 2. The minimum atomic E-state index is -0.616. The molecular formula is C23H31N3O5. The molecule has 0 saturated carbocycles. The Morgan fingerprint density at radius 3 is 1.90 bits per heavy atom. The van der Waals surface area contributed by atoms with Gasteiger partial charge in [0, 0.05) is 43.3 Å². The van der Waals surface area contributed by atoms with E-state index in [0.29, 0.717) is 37.3 Å². The molecule has 0 aliphatic carbocycles. The summed E-state index contributed by atoms with van der Waals surface area (Å²) >= 11 is 0. The molecule has 1 aromatic heterocycles. The van der Waals surface area contributed by atoms with Gasteiger partial charge >= 0.3 is 12.2 Å². The van der Waals surface area contributed by atoms with Gasteiger partial charge in [0.15, 0.2) is 0 Å². The van der Waals surface area contributed by atoms with Crippen LogP contribution in [0.15, 0.2) is 30.5 Å². The number of benzene rings is 1. The van der Waals surface area contributed by atoms with E-state index >= 15 is 0 Å². The van der Waals surface area contributed by atoms with Gasteiger partial charge in [-0.3, -0.25) is 9.36 Å². The van der Waals surface area contributed by atoms with Crippen LogP contribution < -0.4 is 0 Å². The van der Waals surface area contributed by atoms with Crippen molar-refractivity contribution < 1.29 is 23.9 Å². The summed E-state index contributed by atoms with van der Waals surface area (Å²) in [6, 6.07) is 7.10. The second-order valence-corrected chi connectivity index (χ2v) is 9.70. The molecule has 3 rings (SSSR count). The molecule has 0 atom stereocenters. The van der Waals surface area contributed by atoms with Gasteiger partial charge < -0.3 is 19.3 Å². The summed E-state index contributed by atoms with van der Waals surface area (Å²) in [4.78, 5) is 41.1. The molecular weight excluding hydrogens is 398 g/mol. The topological polar surface area (TPSA) is 81.1 Å². The van der Waals surface area contributed by atoms with Crippen molar-refractivity contribution >= 4 is 29.0 Å². The number of hydrogen-bond donors (Lipinski definition) is 0. The lowest BCUT2D eigenvalue weighted by atomic mass is 10.1.